The molecular weight excluding hydrogens is 334 g/mol. The number of nitrogens with two attached hydrogens (primary N) is 1. The van der Waals surface area contributed by atoms with Crippen molar-refractivity contribution in [2.45, 2.75) is 26.3 Å². The lowest BCUT2D eigenvalue weighted by Crippen LogP contribution is -2.01. The molecule has 0 spiro atoms. The predicted molar refractivity (Wildman–Crippen MR) is 85.7 cm³/mol. The molecule has 0 amide bonds. The second-order valence-electron chi connectivity index (χ2n) is 5.01. The molecule has 0 fully saturated rings. The monoisotopic (exact) mass is 351 g/mol. The highest BCUT2D eigenvalue weighted by Crippen LogP contribution is 2.41. The molecule has 5 nitrogen and oxygen atoms in total. The van der Waals surface area contributed by atoms with E-state index >= 15 is 0 Å². The summed E-state index contributed by atoms with van der Waals surface area (Å²) in [6.45, 7) is 4.30. The van der Waals surface area contributed by atoms with Crippen LogP contribution in [0, 0.1) is 0 Å². The highest BCUT2D eigenvalue weighted by atomic mass is 79.9. The lowest BCUT2D eigenvalue weighted by atomic mass is 10.1. The number of aromatic nitrogens is 2. The van der Waals surface area contributed by atoms with Crippen LogP contribution in [0.3, 0.4) is 0 Å². The average molecular weight is 352 g/mol. The van der Waals surface area contributed by atoms with E-state index < -0.39 is 0 Å². The predicted octanol–water partition coefficient (Wildman–Crippen LogP) is 3.47. The maximum Gasteiger partial charge on any atom is 0.175 e. The van der Waals surface area contributed by atoms with Crippen LogP contribution in [0.5, 0.6) is 11.5 Å². The maximum absolute atomic E-state index is 6.19. The molecule has 0 saturated carbocycles. The zero-order chi connectivity index (χ0) is 14.8. The van der Waals surface area contributed by atoms with Crippen molar-refractivity contribution in [1.29, 1.82) is 0 Å². The van der Waals surface area contributed by atoms with Crippen molar-refractivity contribution in [3.63, 3.8) is 0 Å². The number of halogens is 1. The van der Waals surface area contributed by atoms with E-state index in [2.05, 4.69) is 27.8 Å². The van der Waals surface area contributed by atoms with Crippen molar-refractivity contribution in [2.24, 2.45) is 0 Å². The number of imidazole rings is 1. The fourth-order valence-corrected chi connectivity index (χ4v) is 2.96. The van der Waals surface area contributed by atoms with Gasteiger partial charge < -0.3 is 19.8 Å². The lowest BCUT2D eigenvalue weighted by molar-refractivity contribution is 0.296. The van der Waals surface area contributed by atoms with E-state index in [0.29, 0.717) is 19.0 Å². The summed E-state index contributed by atoms with van der Waals surface area (Å²) >= 11 is 3.55. The summed E-state index contributed by atoms with van der Waals surface area (Å²) in [6, 6.07) is 3.92. The average Bonchev–Trinajstić information content (AvgIpc) is 2.69. The number of rotatable bonds is 3. The molecule has 1 aromatic heterocycles. The summed E-state index contributed by atoms with van der Waals surface area (Å²) < 4.78 is 14.3. The molecule has 3 rings (SSSR count). The highest BCUT2D eigenvalue weighted by Gasteiger charge is 2.18. The van der Waals surface area contributed by atoms with Crippen LogP contribution in [0.1, 0.15) is 19.8 Å². The largest absolute Gasteiger partial charge is 0.489 e. The second kappa shape index (κ2) is 5.97. The molecule has 0 bridgehead atoms. The van der Waals surface area contributed by atoms with E-state index in [1.165, 1.54) is 0 Å². The summed E-state index contributed by atoms with van der Waals surface area (Å²) in [4.78, 5) is 4.44. The molecule has 1 aliphatic heterocycles. The summed E-state index contributed by atoms with van der Waals surface area (Å²) in [5, 5.41) is 0. The van der Waals surface area contributed by atoms with E-state index in [9.17, 15) is 0 Å². The quantitative estimate of drug-likeness (QED) is 0.919. The van der Waals surface area contributed by atoms with Crippen LogP contribution in [0.4, 0.5) is 5.82 Å². The minimum absolute atomic E-state index is 0.655. The molecule has 0 saturated heterocycles. The number of anilines is 1. The van der Waals surface area contributed by atoms with Crippen molar-refractivity contribution in [3.8, 4) is 22.8 Å². The maximum atomic E-state index is 6.19. The summed E-state index contributed by atoms with van der Waals surface area (Å²) in [7, 11) is 0. The molecule has 2 heterocycles. The third-order valence-electron chi connectivity index (χ3n) is 3.42. The van der Waals surface area contributed by atoms with Crippen LogP contribution in [0.25, 0.3) is 11.3 Å². The molecule has 1 aliphatic rings. The molecule has 0 atom stereocenters. The number of nitrogens with zero attached hydrogens (tertiary/aromatic N) is 2. The minimum atomic E-state index is 0.655. The zero-order valence-corrected chi connectivity index (χ0v) is 13.5. The van der Waals surface area contributed by atoms with Gasteiger partial charge >= 0.3 is 0 Å². The van der Waals surface area contributed by atoms with Gasteiger partial charge in [-0.15, -0.1) is 0 Å². The zero-order valence-electron chi connectivity index (χ0n) is 11.9. The van der Waals surface area contributed by atoms with Gasteiger partial charge in [0.25, 0.3) is 0 Å². The summed E-state index contributed by atoms with van der Waals surface area (Å²) in [6.07, 6.45) is 3.68. The number of hydrogen-bond acceptors (Lipinski definition) is 4. The first-order valence-electron chi connectivity index (χ1n) is 7.10. The van der Waals surface area contributed by atoms with Crippen molar-refractivity contribution in [3.05, 3.63) is 22.9 Å². The Morgan fingerprint density at radius 3 is 2.95 bits per heavy atom. The van der Waals surface area contributed by atoms with Gasteiger partial charge in [-0.05, 0) is 34.5 Å². The fourth-order valence-electron chi connectivity index (χ4n) is 2.40. The van der Waals surface area contributed by atoms with Crippen molar-refractivity contribution in [1.82, 2.24) is 9.55 Å². The Labute approximate surface area is 132 Å². The Morgan fingerprint density at radius 2 is 2.14 bits per heavy atom. The Hall–Kier alpha value is -1.69. The third kappa shape index (κ3) is 2.72. The van der Waals surface area contributed by atoms with Gasteiger partial charge in [0.2, 0.25) is 0 Å². The highest BCUT2D eigenvalue weighted by molar-refractivity contribution is 9.10. The number of ether oxygens (including phenoxy) is 2. The smallest absolute Gasteiger partial charge is 0.175 e. The third-order valence-corrected chi connectivity index (χ3v) is 4.01. The molecule has 0 radical (unpaired) electrons. The SMILES string of the molecule is CCCn1cnc(-c2cc(Br)c3c(c2)OCCCO3)c1N. The number of fused-ring (bicyclic) bond motifs is 1. The molecule has 0 aliphatic carbocycles. The standard InChI is InChI=1S/C15H18BrN3O2/c1-2-4-19-9-18-13(15(19)17)10-7-11(16)14-12(8-10)20-5-3-6-21-14/h7-9H,2-6,17H2,1H3. The van der Waals surface area contributed by atoms with Gasteiger partial charge in [0.05, 0.1) is 24.0 Å². The number of hydrogen-bond donors (Lipinski definition) is 1. The Bertz CT molecular complexity index is 655. The second-order valence-corrected chi connectivity index (χ2v) is 5.86. The van der Waals surface area contributed by atoms with E-state index in [1.54, 1.807) is 6.33 Å². The van der Waals surface area contributed by atoms with Crippen LogP contribution in [-0.2, 0) is 6.54 Å². The van der Waals surface area contributed by atoms with E-state index in [0.717, 1.165) is 46.6 Å². The minimum Gasteiger partial charge on any atom is -0.489 e. The molecule has 112 valence electrons. The molecule has 2 aromatic rings. The van der Waals surface area contributed by atoms with Crippen molar-refractivity contribution >= 4 is 21.7 Å². The number of aryl methyl sites for hydroxylation is 1. The topological polar surface area (TPSA) is 62.3 Å². The normalized spacial score (nSPS) is 14.0. The van der Waals surface area contributed by atoms with Crippen LogP contribution < -0.4 is 15.2 Å². The lowest BCUT2D eigenvalue weighted by Gasteiger charge is -2.11. The molecule has 21 heavy (non-hydrogen) atoms. The van der Waals surface area contributed by atoms with Crippen LogP contribution in [0.15, 0.2) is 22.9 Å². The van der Waals surface area contributed by atoms with Gasteiger partial charge in [-0.25, -0.2) is 4.98 Å². The first kappa shape index (κ1) is 14.3. The molecular formula is C15H18BrN3O2. The van der Waals surface area contributed by atoms with Gasteiger partial charge in [0, 0.05) is 18.5 Å². The Kier molecular flexibility index (Phi) is 4.05. The first-order chi connectivity index (χ1) is 10.2. The number of benzene rings is 1. The molecule has 2 N–H and O–H groups in total. The van der Waals surface area contributed by atoms with Gasteiger partial charge in [0.15, 0.2) is 11.5 Å². The van der Waals surface area contributed by atoms with Crippen LogP contribution in [-0.4, -0.2) is 22.8 Å². The van der Waals surface area contributed by atoms with Crippen molar-refractivity contribution < 1.29 is 9.47 Å². The van der Waals surface area contributed by atoms with Gasteiger partial charge in [-0.3, -0.25) is 0 Å². The molecule has 1 aromatic carbocycles. The summed E-state index contributed by atoms with van der Waals surface area (Å²) in [5.41, 5.74) is 7.90. The Morgan fingerprint density at radius 1 is 1.33 bits per heavy atom. The summed E-state index contributed by atoms with van der Waals surface area (Å²) in [5.74, 6) is 2.17. The van der Waals surface area contributed by atoms with Crippen LogP contribution in [0.2, 0.25) is 0 Å². The van der Waals surface area contributed by atoms with E-state index in [4.69, 9.17) is 15.2 Å². The van der Waals surface area contributed by atoms with Crippen LogP contribution >= 0.6 is 15.9 Å². The first-order valence-corrected chi connectivity index (χ1v) is 7.90. The Balaban J connectivity index is 2.03. The van der Waals surface area contributed by atoms with Gasteiger partial charge in [-0.2, -0.15) is 0 Å². The molecule has 6 heteroatoms. The fraction of sp³-hybridized carbons (Fsp3) is 0.400. The molecule has 0 unspecified atom stereocenters. The van der Waals surface area contributed by atoms with Gasteiger partial charge in [0.1, 0.15) is 11.5 Å². The van der Waals surface area contributed by atoms with Gasteiger partial charge in [-0.1, -0.05) is 6.92 Å². The van der Waals surface area contributed by atoms with E-state index in [-0.39, 0.29) is 0 Å². The van der Waals surface area contributed by atoms with Crippen molar-refractivity contribution in [2.75, 3.05) is 18.9 Å². The van der Waals surface area contributed by atoms with E-state index in [1.807, 2.05) is 16.7 Å². The number of nitrogen functional groups attached to an aromatic ring is 1.